The smallest absolute Gasteiger partial charge is 0.351 e. The SMILES string of the molecule is CNc1nc(=O)n(C)cc1C.CNc1ncn(C)c(=O)n1.Cc1cn(C)c2nc(N)ncc12.Cc1cn(C)c2ncnc(N)c12. The minimum Gasteiger partial charge on any atom is -0.383 e. The van der Waals surface area contributed by atoms with Crippen LogP contribution in [0.3, 0.4) is 0 Å². The van der Waals surface area contributed by atoms with Gasteiger partial charge in [0.25, 0.3) is 0 Å². The summed E-state index contributed by atoms with van der Waals surface area (Å²) < 4.78 is 6.66. The van der Waals surface area contributed by atoms with Gasteiger partial charge in [-0.1, -0.05) is 0 Å². The molecule has 6 rings (SSSR count). The molecule has 6 N–H and O–H groups in total. The van der Waals surface area contributed by atoms with Crippen LogP contribution in [-0.4, -0.2) is 67.3 Å². The summed E-state index contributed by atoms with van der Waals surface area (Å²) in [7, 11) is 10.6. The zero-order valence-electron chi connectivity index (χ0n) is 26.9. The number of hydrogen-bond acceptors (Lipinski definition) is 13. The Kier molecular flexibility index (Phi) is 10.9. The van der Waals surface area contributed by atoms with Gasteiger partial charge < -0.3 is 35.8 Å². The summed E-state index contributed by atoms with van der Waals surface area (Å²) in [6.07, 6.45) is 10.4. The lowest BCUT2D eigenvalue weighted by molar-refractivity contribution is 0.774. The van der Waals surface area contributed by atoms with Crippen molar-refractivity contribution in [3.8, 4) is 0 Å². The van der Waals surface area contributed by atoms with E-state index in [1.165, 1.54) is 27.4 Å². The lowest BCUT2D eigenvalue weighted by Gasteiger charge is -2.03. The van der Waals surface area contributed by atoms with Crippen molar-refractivity contribution >= 4 is 45.6 Å². The molecule has 0 bridgehead atoms. The molecule has 45 heavy (non-hydrogen) atoms. The van der Waals surface area contributed by atoms with E-state index in [1.54, 1.807) is 40.6 Å². The Morgan fingerprint density at radius 2 is 1.29 bits per heavy atom. The maximum Gasteiger partial charge on any atom is 0.351 e. The first-order valence-electron chi connectivity index (χ1n) is 13.6. The normalized spacial score (nSPS) is 10.2. The van der Waals surface area contributed by atoms with Crippen LogP contribution < -0.4 is 33.5 Å². The standard InChI is InChI=1S/2C8H10N4.C7H11N3O.C5H8N4O/c1-5-4-12(2)7-6(5)3-10-8(9)11-7;1-5-3-12(2)8-6(5)7(9)10-4-11-8;1-5-4-10(3)7(11)9-6(5)8-2;1-6-4-7-3-9(2)5(10)8-4/h2*3-4H,1-2H3,(H2,9,10,11);4H,1-3H3,(H,8,9,11);3H,1-2H3,(H,6,8,10). The van der Waals surface area contributed by atoms with Crippen molar-refractivity contribution in [2.24, 2.45) is 28.2 Å². The predicted molar refractivity (Wildman–Crippen MR) is 176 cm³/mol. The van der Waals surface area contributed by atoms with Crippen molar-refractivity contribution in [2.45, 2.75) is 20.8 Å². The fraction of sp³-hybridized carbons (Fsp3) is 0.321. The van der Waals surface area contributed by atoms with E-state index in [0.717, 1.165) is 33.2 Å². The first-order valence-corrected chi connectivity index (χ1v) is 13.6. The van der Waals surface area contributed by atoms with Crippen LogP contribution in [0.2, 0.25) is 0 Å². The van der Waals surface area contributed by atoms with E-state index in [4.69, 9.17) is 11.5 Å². The zero-order chi connectivity index (χ0) is 33.4. The van der Waals surface area contributed by atoms with Crippen LogP contribution in [-0.2, 0) is 28.2 Å². The fourth-order valence-electron chi connectivity index (χ4n) is 4.24. The second-order valence-corrected chi connectivity index (χ2v) is 10.0. The molecule has 0 amide bonds. The van der Waals surface area contributed by atoms with E-state index in [-0.39, 0.29) is 11.4 Å². The first-order chi connectivity index (χ1) is 21.3. The number of anilines is 4. The third-order valence-electron chi connectivity index (χ3n) is 6.49. The van der Waals surface area contributed by atoms with Gasteiger partial charge in [-0.2, -0.15) is 15.0 Å². The molecule has 0 unspecified atom stereocenters. The summed E-state index contributed by atoms with van der Waals surface area (Å²) >= 11 is 0. The number of nitrogens with zero attached hydrogens (tertiary/aromatic N) is 11. The van der Waals surface area contributed by atoms with E-state index in [2.05, 4.69) is 45.5 Å². The van der Waals surface area contributed by atoms with Gasteiger partial charge in [0.15, 0.2) is 0 Å². The Bertz CT molecular complexity index is 2030. The molecule has 0 aliphatic carbocycles. The Balaban J connectivity index is 0.000000164. The highest BCUT2D eigenvalue weighted by molar-refractivity contribution is 5.89. The Hall–Kier alpha value is -5.87. The minimum atomic E-state index is -0.306. The van der Waals surface area contributed by atoms with Gasteiger partial charge in [0.1, 0.15) is 35.6 Å². The number of aromatic nitrogens is 11. The van der Waals surface area contributed by atoms with Gasteiger partial charge in [-0.3, -0.25) is 4.57 Å². The van der Waals surface area contributed by atoms with Crippen molar-refractivity contribution in [1.82, 2.24) is 53.2 Å². The number of hydrogen-bond donors (Lipinski definition) is 4. The van der Waals surface area contributed by atoms with E-state index in [0.29, 0.717) is 23.5 Å². The molecule has 6 heterocycles. The topological polar surface area (TPSA) is 220 Å². The van der Waals surface area contributed by atoms with Gasteiger partial charge in [-0.15, -0.1) is 0 Å². The molecule has 0 aliphatic rings. The fourth-order valence-corrected chi connectivity index (χ4v) is 4.24. The predicted octanol–water partition coefficient (Wildman–Crippen LogP) is 1.07. The molecule has 6 aromatic rings. The van der Waals surface area contributed by atoms with E-state index in [1.807, 2.05) is 56.4 Å². The number of nitrogen functional groups attached to an aromatic ring is 2. The molecule has 0 atom stereocenters. The largest absolute Gasteiger partial charge is 0.383 e. The third-order valence-corrected chi connectivity index (χ3v) is 6.49. The molecular formula is C28H39N15O2. The van der Waals surface area contributed by atoms with Crippen molar-refractivity contribution in [1.29, 1.82) is 0 Å². The summed E-state index contributed by atoms with van der Waals surface area (Å²) in [6.45, 7) is 5.93. The molecule has 0 aliphatic heterocycles. The van der Waals surface area contributed by atoms with Crippen LogP contribution in [0.25, 0.3) is 22.1 Å². The van der Waals surface area contributed by atoms with E-state index < -0.39 is 0 Å². The van der Waals surface area contributed by atoms with Gasteiger partial charge >= 0.3 is 11.4 Å². The molecule has 0 saturated carbocycles. The molecule has 17 heteroatoms. The summed E-state index contributed by atoms with van der Waals surface area (Å²) in [5, 5.41) is 7.52. The molecule has 238 valence electrons. The molecule has 0 fully saturated rings. The third kappa shape index (κ3) is 8.15. The van der Waals surface area contributed by atoms with Crippen LogP contribution in [0.5, 0.6) is 0 Å². The number of fused-ring (bicyclic) bond motifs is 2. The van der Waals surface area contributed by atoms with Crippen molar-refractivity contribution in [2.75, 3.05) is 36.2 Å². The maximum absolute atomic E-state index is 11.0. The zero-order valence-corrected chi connectivity index (χ0v) is 26.9. The summed E-state index contributed by atoms with van der Waals surface area (Å²) in [4.78, 5) is 49.0. The van der Waals surface area contributed by atoms with Crippen LogP contribution in [0, 0.1) is 20.8 Å². The summed E-state index contributed by atoms with van der Waals surface area (Å²) in [6, 6.07) is 0. The minimum absolute atomic E-state index is 0.236. The molecule has 0 spiro atoms. The summed E-state index contributed by atoms with van der Waals surface area (Å²) in [5.74, 6) is 1.87. The Morgan fingerprint density at radius 1 is 0.667 bits per heavy atom. The molecule has 0 aromatic carbocycles. The van der Waals surface area contributed by atoms with Gasteiger partial charge in [0, 0.05) is 78.0 Å². The quantitative estimate of drug-likeness (QED) is 0.214. The monoisotopic (exact) mass is 617 g/mol. The molecule has 17 nitrogen and oxygen atoms in total. The van der Waals surface area contributed by atoms with Gasteiger partial charge in [-0.25, -0.2) is 29.5 Å². The van der Waals surface area contributed by atoms with Gasteiger partial charge in [0.05, 0.1) is 5.39 Å². The first kappa shape index (κ1) is 33.6. The van der Waals surface area contributed by atoms with Gasteiger partial charge in [-0.05, 0) is 31.9 Å². The highest BCUT2D eigenvalue weighted by Crippen LogP contribution is 2.21. The average molecular weight is 618 g/mol. The average Bonchev–Trinajstić information content (AvgIpc) is 3.46. The van der Waals surface area contributed by atoms with Gasteiger partial charge in [0.2, 0.25) is 11.9 Å². The maximum atomic E-state index is 11.0. The summed E-state index contributed by atoms with van der Waals surface area (Å²) in [5.41, 5.74) is 15.7. The van der Waals surface area contributed by atoms with E-state index in [9.17, 15) is 9.59 Å². The van der Waals surface area contributed by atoms with Crippen LogP contribution in [0.4, 0.5) is 23.5 Å². The second-order valence-electron chi connectivity index (χ2n) is 10.0. The molecule has 0 radical (unpaired) electrons. The second kappa shape index (κ2) is 14.5. The van der Waals surface area contributed by atoms with Crippen LogP contribution >= 0.6 is 0 Å². The van der Waals surface area contributed by atoms with Crippen molar-refractivity contribution in [3.63, 3.8) is 0 Å². The van der Waals surface area contributed by atoms with Crippen LogP contribution in [0.15, 0.2) is 47.0 Å². The van der Waals surface area contributed by atoms with Crippen molar-refractivity contribution in [3.05, 3.63) is 75.1 Å². The van der Waals surface area contributed by atoms with Crippen molar-refractivity contribution < 1.29 is 0 Å². The van der Waals surface area contributed by atoms with Crippen LogP contribution in [0.1, 0.15) is 16.7 Å². The number of aryl methyl sites for hydroxylation is 7. The number of nitrogens with one attached hydrogen (secondary N) is 2. The lowest BCUT2D eigenvalue weighted by Crippen LogP contribution is -2.21. The molecular weight excluding hydrogens is 578 g/mol. The number of rotatable bonds is 2. The highest BCUT2D eigenvalue weighted by Gasteiger charge is 2.07. The molecule has 6 aromatic heterocycles. The lowest BCUT2D eigenvalue weighted by atomic mass is 10.2. The molecule has 0 saturated heterocycles. The highest BCUT2D eigenvalue weighted by atomic mass is 16.1. The Labute approximate surface area is 259 Å². The Morgan fingerprint density at radius 3 is 1.91 bits per heavy atom. The van der Waals surface area contributed by atoms with E-state index >= 15 is 0 Å². The number of nitrogens with two attached hydrogens (primary N) is 2.